The maximum atomic E-state index is 12.1. The van der Waals surface area contributed by atoms with E-state index in [4.69, 9.17) is 10.2 Å². The molecule has 1 aromatic carbocycles. The summed E-state index contributed by atoms with van der Waals surface area (Å²) in [6.07, 6.45) is -5.61. The maximum Gasteiger partial charge on any atom is 0.447 e. The van der Waals surface area contributed by atoms with E-state index in [1.54, 1.807) is 0 Å². The summed E-state index contributed by atoms with van der Waals surface area (Å²) in [7, 11) is -4.15. The van der Waals surface area contributed by atoms with Crippen molar-refractivity contribution in [1.29, 1.82) is 0 Å². The number of benzene rings is 1. The maximum absolute atomic E-state index is 12.1. The van der Waals surface area contributed by atoms with Gasteiger partial charge in [-0.3, -0.25) is 0 Å². The minimum Gasteiger partial charge on any atom is -0.355 e. The summed E-state index contributed by atoms with van der Waals surface area (Å²) < 4.78 is 59.3. The first-order chi connectivity index (χ1) is 8.06. The highest BCUT2D eigenvalue weighted by Crippen LogP contribution is 2.29. The van der Waals surface area contributed by atoms with Crippen LogP contribution in [0.1, 0.15) is 0 Å². The standard InChI is InChI=1S/C10H9F3O4S/c11-10(12,13)9(14,15)6-7-18(16,17)8-4-2-1-3-5-8/h1-7,14-15H. The van der Waals surface area contributed by atoms with Gasteiger partial charge in [-0.2, -0.15) is 13.2 Å². The zero-order chi connectivity index (χ0) is 14.0. The highest BCUT2D eigenvalue weighted by Gasteiger charge is 2.51. The highest BCUT2D eigenvalue weighted by atomic mass is 32.2. The Balaban J connectivity index is 3.06. The van der Waals surface area contributed by atoms with Gasteiger partial charge in [-0.1, -0.05) is 18.2 Å². The van der Waals surface area contributed by atoms with E-state index in [0.29, 0.717) is 0 Å². The summed E-state index contributed by atoms with van der Waals surface area (Å²) in [5.41, 5.74) is 0. The van der Waals surface area contributed by atoms with Crippen LogP contribution in [0.4, 0.5) is 13.2 Å². The third kappa shape index (κ3) is 3.31. The molecule has 0 atom stereocenters. The van der Waals surface area contributed by atoms with Crippen LogP contribution < -0.4 is 0 Å². The third-order valence-corrected chi connectivity index (χ3v) is 3.39. The van der Waals surface area contributed by atoms with Crippen molar-refractivity contribution in [3.63, 3.8) is 0 Å². The zero-order valence-electron chi connectivity index (χ0n) is 8.79. The van der Waals surface area contributed by atoms with E-state index in [9.17, 15) is 21.6 Å². The summed E-state index contributed by atoms with van der Waals surface area (Å²) in [5, 5.41) is 17.4. The lowest BCUT2D eigenvalue weighted by Gasteiger charge is -2.20. The molecular weight excluding hydrogens is 273 g/mol. The molecule has 0 bridgehead atoms. The van der Waals surface area contributed by atoms with Gasteiger partial charge in [-0.05, 0) is 18.2 Å². The fourth-order valence-electron chi connectivity index (χ4n) is 0.968. The fourth-order valence-corrected chi connectivity index (χ4v) is 2.03. The van der Waals surface area contributed by atoms with E-state index in [-0.39, 0.29) is 16.4 Å². The average molecular weight is 282 g/mol. The van der Waals surface area contributed by atoms with E-state index in [0.717, 1.165) is 0 Å². The number of hydrogen-bond donors (Lipinski definition) is 2. The van der Waals surface area contributed by atoms with Crippen LogP contribution in [-0.2, 0) is 9.84 Å². The van der Waals surface area contributed by atoms with Crippen molar-refractivity contribution in [3.05, 3.63) is 41.8 Å². The molecule has 2 N–H and O–H groups in total. The molecule has 1 rings (SSSR count). The number of halogens is 3. The molecule has 0 aliphatic carbocycles. The molecule has 0 spiro atoms. The van der Waals surface area contributed by atoms with Gasteiger partial charge in [0.15, 0.2) is 9.84 Å². The molecule has 0 aliphatic rings. The predicted octanol–water partition coefficient (Wildman–Crippen LogP) is 1.22. The molecule has 0 unspecified atom stereocenters. The van der Waals surface area contributed by atoms with Crippen molar-refractivity contribution in [2.24, 2.45) is 0 Å². The van der Waals surface area contributed by atoms with Crippen molar-refractivity contribution in [2.75, 3.05) is 0 Å². The first kappa shape index (κ1) is 14.7. The molecule has 0 fully saturated rings. The molecule has 0 aromatic heterocycles. The van der Waals surface area contributed by atoms with Crippen LogP contribution in [-0.4, -0.2) is 30.6 Å². The van der Waals surface area contributed by atoms with E-state index < -0.39 is 21.8 Å². The Kier molecular flexibility index (Phi) is 3.84. The number of sulfone groups is 1. The van der Waals surface area contributed by atoms with Gasteiger partial charge in [0.1, 0.15) is 0 Å². The van der Waals surface area contributed by atoms with E-state index in [1.807, 2.05) is 0 Å². The van der Waals surface area contributed by atoms with Gasteiger partial charge < -0.3 is 10.2 Å². The number of hydrogen-bond acceptors (Lipinski definition) is 4. The molecule has 0 saturated heterocycles. The minimum atomic E-state index is -5.38. The molecule has 0 heterocycles. The van der Waals surface area contributed by atoms with Crippen LogP contribution >= 0.6 is 0 Å². The van der Waals surface area contributed by atoms with Crippen molar-refractivity contribution in [1.82, 2.24) is 0 Å². The Bertz CT molecular complexity index is 532. The van der Waals surface area contributed by atoms with Crippen LogP contribution in [0.3, 0.4) is 0 Å². The lowest BCUT2D eigenvalue weighted by molar-refractivity contribution is -0.323. The first-order valence-corrected chi connectivity index (χ1v) is 6.12. The van der Waals surface area contributed by atoms with Gasteiger partial charge in [0.05, 0.1) is 4.90 Å². The third-order valence-electron chi connectivity index (χ3n) is 1.97. The Morgan fingerprint density at radius 1 is 1.06 bits per heavy atom. The van der Waals surface area contributed by atoms with Gasteiger partial charge in [0.2, 0.25) is 0 Å². The molecule has 0 aliphatic heterocycles. The normalized spacial score (nSPS) is 14.1. The molecule has 18 heavy (non-hydrogen) atoms. The minimum absolute atomic E-state index is 0.107. The quantitative estimate of drug-likeness (QED) is 0.817. The number of rotatable bonds is 3. The van der Waals surface area contributed by atoms with Gasteiger partial charge in [0.25, 0.3) is 5.79 Å². The van der Waals surface area contributed by atoms with Crippen LogP contribution in [0.2, 0.25) is 0 Å². The topological polar surface area (TPSA) is 74.6 Å². The highest BCUT2D eigenvalue weighted by molar-refractivity contribution is 7.94. The SMILES string of the molecule is O=S(=O)(C=CC(O)(O)C(F)(F)F)c1ccccc1. The van der Waals surface area contributed by atoms with Crippen LogP contribution in [0.15, 0.2) is 46.7 Å². The first-order valence-electron chi connectivity index (χ1n) is 4.57. The summed E-state index contributed by atoms with van der Waals surface area (Å²) in [4.78, 5) is -0.251. The fraction of sp³-hybridized carbons (Fsp3) is 0.200. The molecule has 4 nitrogen and oxygen atoms in total. The van der Waals surface area contributed by atoms with E-state index in [1.165, 1.54) is 30.3 Å². The summed E-state index contributed by atoms with van der Waals surface area (Å²) >= 11 is 0. The molecule has 8 heteroatoms. The van der Waals surface area contributed by atoms with E-state index in [2.05, 4.69) is 0 Å². The van der Waals surface area contributed by atoms with Crippen LogP contribution in [0.25, 0.3) is 0 Å². The van der Waals surface area contributed by atoms with Crippen molar-refractivity contribution >= 4 is 9.84 Å². The summed E-state index contributed by atoms with van der Waals surface area (Å²) in [5.74, 6) is -4.19. The van der Waals surface area contributed by atoms with Gasteiger partial charge in [-0.25, -0.2) is 8.42 Å². The monoisotopic (exact) mass is 282 g/mol. The van der Waals surface area contributed by atoms with Crippen molar-refractivity contribution in [3.8, 4) is 0 Å². The Morgan fingerprint density at radius 3 is 2.00 bits per heavy atom. The number of aliphatic hydroxyl groups is 2. The van der Waals surface area contributed by atoms with Gasteiger partial charge >= 0.3 is 6.18 Å². The molecular formula is C10H9F3O4S. The molecule has 0 saturated carbocycles. The predicted molar refractivity (Wildman–Crippen MR) is 56.0 cm³/mol. The van der Waals surface area contributed by atoms with Crippen LogP contribution in [0.5, 0.6) is 0 Å². The second kappa shape index (κ2) is 4.71. The second-order valence-electron chi connectivity index (χ2n) is 3.38. The van der Waals surface area contributed by atoms with E-state index >= 15 is 0 Å². The molecule has 0 radical (unpaired) electrons. The second-order valence-corrected chi connectivity index (χ2v) is 5.22. The average Bonchev–Trinajstić information content (AvgIpc) is 2.26. The summed E-state index contributed by atoms with van der Waals surface area (Å²) in [6.45, 7) is 0. The largest absolute Gasteiger partial charge is 0.447 e. The summed E-state index contributed by atoms with van der Waals surface area (Å²) in [6, 6.07) is 6.64. The van der Waals surface area contributed by atoms with Gasteiger partial charge in [0, 0.05) is 5.41 Å². The van der Waals surface area contributed by atoms with Crippen LogP contribution in [0, 0.1) is 0 Å². The van der Waals surface area contributed by atoms with Crippen molar-refractivity contribution in [2.45, 2.75) is 16.9 Å². The Hall–Kier alpha value is -1.38. The molecule has 0 amide bonds. The smallest absolute Gasteiger partial charge is 0.355 e. The Labute approximate surface area is 101 Å². The molecule has 100 valence electrons. The molecule has 1 aromatic rings. The number of alkyl halides is 3. The lowest BCUT2D eigenvalue weighted by Crippen LogP contribution is -2.43. The Morgan fingerprint density at radius 2 is 1.56 bits per heavy atom. The lowest BCUT2D eigenvalue weighted by atomic mass is 10.3. The zero-order valence-corrected chi connectivity index (χ0v) is 9.61. The van der Waals surface area contributed by atoms with Gasteiger partial charge in [-0.15, -0.1) is 0 Å². The van der Waals surface area contributed by atoms with Crippen molar-refractivity contribution < 1.29 is 31.8 Å².